The molecule has 0 aliphatic rings. The normalized spacial score (nSPS) is 15.1. The molecule has 78 valence electrons. The zero-order valence-corrected chi connectivity index (χ0v) is 9.16. The predicted octanol–water partition coefficient (Wildman–Crippen LogP) is 2.02. The number of methoxy groups -OCH3 is 1. The van der Waals surface area contributed by atoms with Crippen LogP contribution in [0.15, 0.2) is 30.3 Å². The molecule has 0 amide bonds. The van der Waals surface area contributed by atoms with Crippen molar-refractivity contribution >= 4 is 0 Å². The minimum atomic E-state index is 0.377. The summed E-state index contributed by atoms with van der Waals surface area (Å²) in [5.41, 5.74) is 1.35. The van der Waals surface area contributed by atoms with Crippen LogP contribution < -0.4 is 5.32 Å². The molecule has 0 bridgehead atoms. The maximum Gasteiger partial charge on any atom is 0.0621 e. The smallest absolute Gasteiger partial charge is 0.0621 e. The van der Waals surface area contributed by atoms with Crippen molar-refractivity contribution in [3.63, 3.8) is 0 Å². The molecular weight excluding hydrogens is 174 g/mol. The maximum absolute atomic E-state index is 5.17. The molecule has 0 aromatic heterocycles. The fourth-order valence-electron chi connectivity index (χ4n) is 1.65. The third kappa shape index (κ3) is 2.82. The Morgan fingerprint density at radius 3 is 2.43 bits per heavy atom. The van der Waals surface area contributed by atoms with Crippen molar-refractivity contribution in [2.75, 3.05) is 20.8 Å². The topological polar surface area (TPSA) is 21.3 Å². The Bertz CT molecular complexity index is 248. The summed E-state index contributed by atoms with van der Waals surface area (Å²) in [5, 5.41) is 3.28. The molecule has 1 aromatic carbocycles. The second-order valence-corrected chi connectivity index (χ2v) is 3.55. The highest BCUT2D eigenvalue weighted by Gasteiger charge is 2.16. The molecule has 1 aromatic rings. The van der Waals surface area contributed by atoms with Crippen LogP contribution in [0.4, 0.5) is 0 Å². The molecule has 1 rings (SSSR count). The summed E-state index contributed by atoms with van der Waals surface area (Å²) < 4.78 is 5.17. The van der Waals surface area contributed by atoms with Gasteiger partial charge in [0.2, 0.25) is 0 Å². The Morgan fingerprint density at radius 1 is 1.29 bits per heavy atom. The molecular formula is C12H19NO. The van der Waals surface area contributed by atoms with Gasteiger partial charge in [0.05, 0.1) is 6.61 Å². The van der Waals surface area contributed by atoms with Gasteiger partial charge < -0.3 is 10.1 Å². The van der Waals surface area contributed by atoms with E-state index in [-0.39, 0.29) is 0 Å². The zero-order chi connectivity index (χ0) is 10.4. The van der Waals surface area contributed by atoms with Crippen molar-refractivity contribution in [3.8, 4) is 0 Å². The molecule has 0 aliphatic carbocycles. The van der Waals surface area contributed by atoms with Crippen LogP contribution in [0.2, 0.25) is 0 Å². The summed E-state index contributed by atoms with van der Waals surface area (Å²) in [7, 11) is 3.71. The van der Waals surface area contributed by atoms with Crippen LogP contribution in [-0.4, -0.2) is 26.8 Å². The van der Waals surface area contributed by atoms with Gasteiger partial charge in [0.25, 0.3) is 0 Å². The molecule has 0 fully saturated rings. The number of ether oxygens (including phenoxy) is 1. The van der Waals surface area contributed by atoms with Crippen molar-refractivity contribution in [2.24, 2.45) is 0 Å². The largest absolute Gasteiger partial charge is 0.383 e. The minimum absolute atomic E-state index is 0.377. The number of hydrogen-bond donors (Lipinski definition) is 1. The summed E-state index contributed by atoms with van der Waals surface area (Å²) in [5.74, 6) is 0.473. The first kappa shape index (κ1) is 11.2. The number of rotatable bonds is 5. The van der Waals surface area contributed by atoms with Crippen molar-refractivity contribution in [1.29, 1.82) is 0 Å². The second-order valence-electron chi connectivity index (χ2n) is 3.55. The van der Waals surface area contributed by atoms with E-state index in [1.807, 2.05) is 13.1 Å². The van der Waals surface area contributed by atoms with Crippen LogP contribution in [0, 0.1) is 0 Å². The fourth-order valence-corrected chi connectivity index (χ4v) is 1.65. The van der Waals surface area contributed by atoms with Crippen LogP contribution in [0.3, 0.4) is 0 Å². The van der Waals surface area contributed by atoms with Gasteiger partial charge in [0.1, 0.15) is 0 Å². The molecule has 1 N–H and O–H groups in total. The van der Waals surface area contributed by atoms with Gasteiger partial charge in [-0.25, -0.2) is 0 Å². The molecule has 0 saturated heterocycles. The van der Waals surface area contributed by atoms with Crippen molar-refractivity contribution in [3.05, 3.63) is 35.9 Å². The molecule has 0 spiro atoms. The molecule has 0 aliphatic heterocycles. The van der Waals surface area contributed by atoms with Gasteiger partial charge in [-0.1, -0.05) is 37.3 Å². The average molecular weight is 193 g/mol. The van der Waals surface area contributed by atoms with Crippen molar-refractivity contribution < 1.29 is 4.74 Å². The van der Waals surface area contributed by atoms with Gasteiger partial charge in [-0.15, -0.1) is 0 Å². The van der Waals surface area contributed by atoms with E-state index in [0.29, 0.717) is 12.0 Å². The summed E-state index contributed by atoms with van der Waals surface area (Å²) in [6.07, 6.45) is 0. The van der Waals surface area contributed by atoms with Gasteiger partial charge in [-0.05, 0) is 18.5 Å². The standard InChI is InChI=1S/C12H19NO/c1-10(12(13-2)9-14-3)11-7-5-4-6-8-11/h4-8,10,12-13H,9H2,1-3H3/t10-,12?/m1/s1. The van der Waals surface area contributed by atoms with Crippen LogP contribution in [0.5, 0.6) is 0 Å². The molecule has 0 heterocycles. The summed E-state index contributed by atoms with van der Waals surface area (Å²) >= 11 is 0. The van der Waals surface area contributed by atoms with E-state index in [1.165, 1.54) is 5.56 Å². The van der Waals surface area contributed by atoms with Crippen LogP contribution in [0.25, 0.3) is 0 Å². The quantitative estimate of drug-likeness (QED) is 0.772. The molecule has 14 heavy (non-hydrogen) atoms. The average Bonchev–Trinajstić information content (AvgIpc) is 2.26. The maximum atomic E-state index is 5.17. The van der Waals surface area contributed by atoms with E-state index in [4.69, 9.17) is 4.74 Å². The first-order valence-corrected chi connectivity index (χ1v) is 5.00. The molecule has 2 nitrogen and oxygen atoms in total. The predicted molar refractivity (Wildman–Crippen MR) is 59.6 cm³/mol. The number of hydrogen-bond acceptors (Lipinski definition) is 2. The minimum Gasteiger partial charge on any atom is -0.383 e. The van der Waals surface area contributed by atoms with E-state index >= 15 is 0 Å². The van der Waals surface area contributed by atoms with Crippen LogP contribution in [-0.2, 0) is 4.74 Å². The van der Waals surface area contributed by atoms with E-state index in [1.54, 1.807) is 7.11 Å². The van der Waals surface area contributed by atoms with E-state index in [0.717, 1.165) is 6.61 Å². The Labute approximate surface area is 86.3 Å². The lowest BCUT2D eigenvalue weighted by Crippen LogP contribution is -2.34. The third-order valence-corrected chi connectivity index (χ3v) is 2.65. The lowest BCUT2D eigenvalue weighted by Gasteiger charge is -2.23. The van der Waals surface area contributed by atoms with Crippen LogP contribution in [0.1, 0.15) is 18.4 Å². The Balaban J connectivity index is 2.67. The SMILES string of the molecule is CNC(COC)[C@H](C)c1ccccc1. The van der Waals surface area contributed by atoms with Gasteiger partial charge in [-0.3, -0.25) is 0 Å². The number of benzene rings is 1. The fraction of sp³-hybridized carbons (Fsp3) is 0.500. The molecule has 2 atom stereocenters. The lowest BCUT2D eigenvalue weighted by molar-refractivity contribution is 0.160. The Morgan fingerprint density at radius 2 is 1.93 bits per heavy atom. The monoisotopic (exact) mass is 193 g/mol. The van der Waals surface area contributed by atoms with Gasteiger partial charge in [0, 0.05) is 13.2 Å². The van der Waals surface area contributed by atoms with Crippen molar-refractivity contribution in [1.82, 2.24) is 5.32 Å². The van der Waals surface area contributed by atoms with E-state index in [2.05, 4.69) is 36.5 Å². The highest BCUT2D eigenvalue weighted by atomic mass is 16.5. The highest BCUT2D eigenvalue weighted by molar-refractivity contribution is 5.20. The third-order valence-electron chi connectivity index (χ3n) is 2.65. The molecule has 2 heteroatoms. The Kier molecular flexibility index (Phi) is 4.63. The number of nitrogens with one attached hydrogen (secondary N) is 1. The van der Waals surface area contributed by atoms with E-state index in [9.17, 15) is 0 Å². The van der Waals surface area contributed by atoms with Gasteiger partial charge in [-0.2, -0.15) is 0 Å². The van der Waals surface area contributed by atoms with Crippen molar-refractivity contribution in [2.45, 2.75) is 18.9 Å². The second kappa shape index (κ2) is 5.78. The lowest BCUT2D eigenvalue weighted by atomic mass is 9.94. The molecule has 0 radical (unpaired) electrons. The summed E-state index contributed by atoms with van der Waals surface area (Å²) in [6, 6.07) is 10.9. The first-order chi connectivity index (χ1) is 6.79. The summed E-state index contributed by atoms with van der Waals surface area (Å²) in [6.45, 7) is 2.96. The van der Waals surface area contributed by atoms with E-state index < -0.39 is 0 Å². The first-order valence-electron chi connectivity index (χ1n) is 5.00. The zero-order valence-electron chi connectivity index (χ0n) is 9.16. The highest BCUT2D eigenvalue weighted by Crippen LogP contribution is 2.18. The van der Waals surface area contributed by atoms with Crippen LogP contribution >= 0.6 is 0 Å². The summed E-state index contributed by atoms with van der Waals surface area (Å²) in [4.78, 5) is 0. The Hall–Kier alpha value is -0.860. The van der Waals surface area contributed by atoms with Gasteiger partial charge in [0.15, 0.2) is 0 Å². The number of likely N-dealkylation sites (N-methyl/N-ethyl adjacent to an activating group) is 1. The molecule has 0 saturated carbocycles. The van der Waals surface area contributed by atoms with Gasteiger partial charge >= 0.3 is 0 Å². The molecule has 1 unspecified atom stereocenters.